The number of nitrogens with one attached hydrogen (secondary N) is 1. The number of methoxy groups -OCH3 is 1. The molecular formula is C18H15ClF2N4O2. The number of carbonyl (C=O) groups is 1. The molecule has 0 aliphatic rings. The van der Waals surface area contributed by atoms with E-state index in [1.54, 1.807) is 37.3 Å². The number of carbonyl (C=O) groups excluding carboxylic acids is 1. The Balaban J connectivity index is 2.32. The molecule has 0 fully saturated rings. The van der Waals surface area contributed by atoms with Gasteiger partial charge in [-0.2, -0.15) is 0 Å². The van der Waals surface area contributed by atoms with E-state index in [2.05, 4.69) is 19.7 Å². The van der Waals surface area contributed by atoms with Gasteiger partial charge < -0.3 is 14.6 Å². The van der Waals surface area contributed by atoms with Gasteiger partial charge in [0.15, 0.2) is 17.3 Å². The number of rotatable bonds is 4. The van der Waals surface area contributed by atoms with Crippen LogP contribution in [0, 0.1) is 11.6 Å². The van der Waals surface area contributed by atoms with Crippen LogP contribution in [0.4, 0.5) is 14.5 Å². The smallest absolute Gasteiger partial charge is 0.358 e. The lowest BCUT2D eigenvalue weighted by Crippen LogP contribution is -2.10. The second-order valence-electron chi connectivity index (χ2n) is 5.85. The fourth-order valence-corrected chi connectivity index (χ4v) is 2.75. The second-order valence-corrected chi connectivity index (χ2v) is 6.23. The fourth-order valence-electron chi connectivity index (χ4n) is 2.50. The van der Waals surface area contributed by atoms with E-state index in [-0.39, 0.29) is 33.2 Å². The summed E-state index contributed by atoms with van der Waals surface area (Å²) in [5.74, 6) is -2.54. The highest BCUT2D eigenvalue weighted by Crippen LogP contribution is 2.38. The first-order valence-electron chi connectivity index (χ1n) is 7.79. The Hall–Kier alpha value is -3.00. The van der Waals surface area contributed by atoms with Gasteiger partial charge in [-0.3, -0.25) is 0 Å². The number of fused-ring (bicyclic) bond motifs is 1. The topological polar surface area (TPSA) is 70.6 Å². The van der Waals surface area contributed by atoms with Crippen LogP contribution in [0.1, 0.15) is 10.5 Å². The number of ether oxygens (including phenoxy) is 1. The molecule has 6 nitrogen and oxygen atoms in total. The molecule has 9 heteroatoms. The number of aromatic nitrogens is 2. The summed E-state index contributed by atoms with van der Waals surface area (Å²) in [6.07, 6.45) is 2.87. The Morgan fingerprint density at radius 2 is 2.04 bits per heavy atom. The average Bonchev–Trinajstić information content (AvgIpc) is 3.11. The van der Waals surface area contributed by atoms with Crippen molar-refractivity contribution in [1.82, 2.24) is 14.9 Å². The maximum absolute atomic E-state index is 15.1. The minimum atomic E-state index is -0.949. The number of halogens is 3. The molecular weight excluding hydrogens is 378 g/mol. The van der Waals surface area contributed by atoms with Gasteiger partial charge in [-0.05, 0) is 12.1 Å². The van der Waals surface area contributed by atoms with Gasteiger partial charge in [0.2, 0.25) is 0 Å². The van der Waals surface area contributed by atoms with Gasteiger partial charge in [0.25, 0.3) is 0 Å². The summed E-state index contributed by atoms with van der Waals surface area (Å²) in [6, 6.07) is 4.67. The van der Waals surface area contributed by atoms with Crippen LogP contribution in [-0.2, 0) is 4.74 Å². The van der Waals surface area contributed by atoms with E-state index in [0.717, 1.165) is 7.11 Å². The number of pyridine rings is 1. The quantitative estimate of drug-likeness (QED) is 0.411. The van der Waals surface area contributed by atoms with Gasteiger partial charge in [0.1, 0.15) is 16.4 Å². The van der Waals surface area contributed by atoms with Crippen LogP contribution < -0.4 is 0 Å². The monoisotopic (exact) mass is 392 g/mol. The lowest BCUT2D eigenvalue weighted by molar-refractivity contribution is 0.0594. The molecule has 0 aliphatic heterocycles. The molecule has 27 heavy (non-hydrogen) atoms. The van der Waals surface area contributed by atoms with E-state index in [9.17, 15) is 9.18 Å². The maximum Gasteiger partial charge on any atom is 0.358 e. The molecule has 0 amide bonds. The van der Waals surface area contributed by atoms with Gasteiger partial charge in [0, 0.05) is 31.2 Å². The van der Waals surface area contributed by atoms with Crippen molar-refractivity contribution in [2.75, 3.05) is 21.2 Å². The Morgan fingerprint density at radius 3 is 2.70 bits per heavy atom. The third kappa shape index (κ3) is 3.35. The predicted molar refractivity (Wildman–Crippen MR) is 99.6 cm³/mol. The molecule has 1 N–H and O–H groups in total. The molecule has 0 radical (unpaired) electrons. The first-order chi connectivity index (χ1) is 12.8. The van der Waals surface area contributed by atoms with Crippen molar-refractivity contribution >= 4 is 40.5 Å². The van der Waals surface area contributed by atoms with Crippen LogP contribution >= 0.6 is 11.6 Å². The fraction of sp³-hybridized carbons (Fsp3) is 0.167. The van der Waals surface area contributed by atoms with Crippen LogP contribution in [-0.4, -0.2) is 48.4 Å². The van der Waals surface area contributed by atoms with Crippen LogP contribution in [0.5, 0.6) is 0 Å². The van der Waals surface area contributed by atoms with E-state index in [1.807, 2.05) is 0 Å². The Kier molecular flexibility index (Phi) is 5.09. The number of hydrogen-bond acceptors (Lipinski definition) is 4. The first-order valence-corrected chi connectivity index (χ1v) is 8.16. The van der Waals surface area contributed by atoms with Crippen LogP contribution in [0.25, 0.3) is 22.2 Å². The highest BCUT2D eigenvalue weighted by molar-refractivity contribution is 6.35. The van der Waals surface area contributed by atoms with Crippen molar-refractivity contribution in [2.24, 2.45) is 4.99 Å². The lowest BCUT2D eigenvalue weighted by atomic mass is 10.1. The zero-order valence-electron chi connectivity index (χ0n) is 14.7. The van der Waals surface area contributed by atoms with Crippen molar-refractivity contribution in [3.05, 3.63) is 46.7 Å². The van der Waals surface area contributed by atoms with Crippen LogP contribution in [0.2, 0.25) is 5.02 Å². The summed E-state index contributed by atoms with van der Waals surface area (Å²) < 4.78 is 34.7. The minimum Gasteiger partial charge on any atom is -0.464 e. The molecule has 0 saturated heterocycles. The van der Waals surface area contributed by atoms with Gasteiger partial charge in [-0.15, -0.1) is 0 Å². The van der Waals surface area contributed by atoms with E-state index in [1.165, 1.54) is 12.4 Å². The lowest BCUT2D eigenvalue weighted by Gasteiger charge is -2.12. The zero-order chi connectivity index (χ0) is 19.7. The summed E-state index contributed by atoms with van der Waals surface area (Å²) in [4.78, 5) is 24.2. The third-order valence-corrected chi connectivity index (χ3v) is 4.13. The number of nitrogens with zero attached hydrogens (tertiary/aromatic N) is 3. The highest BCUT2D eigenvalue weighted by Gasteiger charge is 2.26. The first kappa shape index (κ1) is 18.8. The molecule has 2 aromatic heterocycles. The predicted octanol–water partition coefficient (Wildman–Crippen LogP) is 4.17. The standard InChI is InChI=1S/C18H15ClF2N4O2/c1-25(2)8-23-16-11(19)17(18(26)27-3)24-15(13(16)21)10-5-4-9-6-7-22-14(9)12(10)20/h4-8,22H,1-3H3/b23-8+. The molecule has 0 unspecified atom stereocenters. The average molecular weight is 393 g/mol. The molecule has 3 aromatic rings. The van der Waals surface area contributed by atoms with Gasteiger partial charge in [0.05, 0.1) is 19.0 Å². The SMILES string of the molecule is COC(=O)c1nc(-c2ccc3cc[nH]c3c2F)c(F)c(/N=C/N(C)C)c1Cl. The molecule has 0 spiro atoms. The summed E-state index contributed by atoms with van der Waals surface area (Å²) in [7, 11) is 4.49. The summed E-state index contributed by atoms with van der Waals surface area (Å²) in [5.41, 5.74) is -1.01. The number of benzene rings is 1. The normalized spacial score (nSPS) is 11.3. The van der Waals surface area contributed by atoms with E-state index in [0.29, 0.717) is 5.39 Å². The van der Waals surface area contributed by atoms with E-state index < -0.39 is 17.6 Å². The number of H-pyrrole nitrogens is 1. The number of esters is 1. The molecule has 0 aliphatic carbocycles. The van der Waals surface area contributed by atoms with Crippen molar-refractivity contribution < 1.29 is 18.3 Å². The van der Waals surface area contributed by atoms with Crippen molar-refractivity contribution in [3.8, 4) is 11.3 Å². The van der Waals surface area contributed by atoms with Crippen LogP contribution in [0.3, 0.4) is 0 Å². The number of aliphatic imine (C=N–C) groups is 1. The van der Waals surface area contributed by atoms with E-state index >= 15 is 4.39 Å². The molecule has 3 rings (SSSR count). The summed E-state index contributed by atoms with van der Waals surface area (Å²) >= 11 is 6.11. The maximum atomic E-state index is 15.1. The molecule has 0 atom stereocenters. The second kappa shape index (κ2) is 7.32. The van der Waals surface area contributed by atoms with E-state index in [4.69, 9.17) is 11.6 Å². The van der Waals surface area contributed by atoms with Crippen molar-refractivity contribution in [2.45, 2.75) is 0 Å². The van der Waals surface area contributed by atoms with Gasteiger partial charge in [-0.1, -0.05) is 17.7 Å². The zero-order valence-corrected chi connectivity index (χ0v) is 15.4. The van der Waals surface area contributed by atoms with Gasteiger partial charge in [-0.25, -0.2) is 23.6 Å². The molecule has 1 aromatic carbocycles. The van der Waals surface area contributed by atoms with Crippen molar-refractivity contribution in [3.63, 3.8) is 0 Å². The highest BCUT2D eigenvalue weighted by atomic mass is 35.5. The largest absolute Gasteiger partial charge is 0.464 e. The van der Waals surface area contributed by atoms with Crippen molar-refractivity contribution in [1.29, 1.82) is 0 Å². The van der Waals surface area contributed by atoms with Crippen LogP contribution in [0.15, 0.2) is 29.4 Å². The molecule has 2 heterocycles. The summed E-state index contributed by atoms with van der Waals surface area (Å²) in [5, 5.41) is 0.298. The Labute approximate surface area is 158 Å². The third-order valence-electron chi connectivity index (χ3n) is 3.77. The van der Waals surface area contributed by atoms with Gasteiger partial charge >= 0.3 is 5.97 Å². The molecule has 140 valence electrons. The number of hydrogen-bond donors (Lipinski definition) is 1. The summed E-state index contributed by atoms with van der Waals surface area (Å²) in [6.45, 7) is 0. The minimum absolute atomic E-state index is 0.134. The molecule has 0 saturated carbocycles. The molecule has 0 bridgehead atoms. The Morgan fingerprint density at radius 1 is 1.30 bits per heavy atom. The number of aromatic amines is 1. The Bertz CT molecular complexity index is 1060.